The Balaban J connectivity index is 2.22. The second-order valence-corrected chi connectivity index (χ2v) is 7.67. The second-order valence-electron chi connectivity index (χ2n) is 7.67. The molecule has 1 rings (SSSR count). The monoisotopic (exact) mass is 418 g/mol. The Hall–Kier alpha value is -2.30. The van der Waals surface area contributed by atoms with Crippen LogP contribution >= 0.6 is 0 Å². The van der Waals surface area contributed by atoms with E-state index in [0.29, 0.717) is 6.42 Å². The average molecular weight is 419 g/mol. The van der Waals surface area contributed by atoms with Crippen LogP contribution in [0.4, 0.5) is 0 Å². The van der Waals surface area contributed by atoms with E-state index in [0.717, 1.165) is 24.2 Å². The van der Waals surface area contributed by atoms with Gasteiger partial charge in [-0.05, 0) is 44.0 Å². The Bertz CT molecular complexity index is 635. The van der Waals surface area contributed by atoms with E-state index in [1.807, 2.05) is 24.3 Å². The molecule has 0 fully saturated rings. The van der Waals surface area contributed by atoms with E-state index in [4.69, 9.17) is 14.2 Å². The lowest BCUT2D eigenvalue weighted by Gasteiger charge is -2.20. The van der Waals surface area contributed by atoms with E-state index in [-0.39, 0.29) is 5.97 Å². The van der Waals surface area contributed by atoms with Gasteiger partial charge < -0.3 is 14.2 Å². The summed E-state index contributed by atoms with van der Waals surface area (Å²) in [4.78, 5) is 24.0. The number of esters is 2. The van der Waals surface area contributed by atoms with Crippen molar-refractivity contribution in [1.29, 1.82) is 0 Å². The van der Waals surface area contributed by atoms with Crippen molar-refractivity contribution in [2.24, 2.45) is 0 Å². The van der Waals surface area contributed by atoms with Crippen molar-refractivity contribution in [1.82, 2.24) is 0 Å². The van der Waals surface area contributed by atoms with Gasteiger partial charge in [0.2, 0.25) is 0 Å². The van der Waals surface area contributed by atoms with Crippen LogP contribution in [0.25, 0.3) is 6.08 Å². The zero-order valence-electron chi connectivity index (χ0n) is 19.0. The minimum atomic E-state index is -0.513. The van der Waals surface area contributed by atoms with Crippen LogP contribution in [0.5, 0.6) is 5.75 Å². The predicted molar refractivity (Wildman–Crippen MR) is 120 cm³/mol. The molecular weight excluding hydrogens is 380 g/mol. The maximum atomic E-state index is 12.0. The highest BCUT2D eigenvalue weighted by molar-refractivity contribution is 5.87. The zero-order valence-corrected chi connectivity index (χ0v) is 19.0. The number of carbonyl (C=O) groups excluding carboxylic acids is 2. The molecule has 5 nitrogen and oxygen atoms in total. The highest BCUT2D eigenvalue weighted by Gasteiger charge is 2.19. The fourth-order valence-corrected chi connectivity index (χ4v) is 2.96. The molecule has 0 aliphatic rings. The molecule has 30 heavy (non-hydrogen) atoms. The van der Waals surface area contributed by atoms with Crippen LogP contribution in [-0.4, -0.2) is 31.3 Å². The van der Waals surface area contributed by atoms with Crippen molar-refractivity contribution >= 4 is 18.0 Å². The van der Waals surface area contributed by atoms with E-state index in [9.17, 15) is 9.59 Å². The molecule has 0 saturated carbocycles. The third-order valence-electron chi connectivity index (χ3n) is 5.04. The fourth-order valence-electron chi connectivity index (χ4n) is 2.96. The first kappa shape index (κ1) is 25.7. The van der Waals surface area contributed by atoms with Crippen molar-refractivity contribution in [3.63, 3.8) is 0 Å². The van der Waals surface area contributed by atoms with Gasteiger partial charge in [-0.2, -0.15) is 0 Å². The topological polar surface area (TPSA) is 61.8 Å². The normalized spacial score (nSPS) is 13.1. The van der Waals surface area contributed by atoms with Crippen LogP contribution < -0.4 is 4.74 Å². The van der Waals surface area contributed by atoms with E-state index in [1.165, 1.54) is 44.6 Å². The molecule has 0 aliphatic carbocycles. The minimum absolute atomic E-state index is 0.231. The molecule has 1 aromatic rings. The van der Waals surface area contributed by atoms with Gasteiger partial charge in [-0.25, -0.2) is 4.79 Å². The maximum absolute atomic E-state index is 12.0. The third-order valence-corrected chi connectivity index (χ3v) is 5.04. The Morgan fingerprint density at radius 2 is 1.43 bits per heavy atom. The number of hydrogen-bond donors (Lipinski definition) is 0. The molecule has 168 valence electrons. The van der Waals surface area contributed by atoms with Gasteiger partial charge in [0.1, 0.15) is 18.0 Å². The van der Waals surface area contributed by atoms with E-state index < -0.39 is 18.2 Å². The van der Waals surface area contributed by atoms with Gasteiger partial charge in [0.05, 0.1) is 7.11 Å². The standard InChI is InChI=1S/C25H38O5/c1-5-6-7-8-9-10-11-12-13-24(26)29-20(2)21(3)30-25(27)19-16-22-14-17-23(28-4)18-15-22/h14-21H,5-13H2,1-4H3/b19-16+. The van der Waals surface area contributed by atoms with Gasteiger partial charge in [-0.15, -0.1) is 0 Å². The lowest BCUT2D eigenvalue weighted by Crippen LogP contribution is -2.30. The summed E-state index contributed by atoms with van der Waals surface area (Å²) in [5, 5.41) is 0. The highest BCUT2D eigenvalue weighted by Crippen LogP contribution is 2.13. The van der Waals surface area contributed by atoms with Crippen LogP contribution in [0.3, 0.4) is 0 Å². The Labute approximate surface area is 181 Å². The molecule has 5 heteroatoms. The summed E-state index contributed by atoms with van der Waals surface area (Å²) in [6.07, 6.45) is 11.9. The molecule has 2 unspecified atom stereocenters. The largest absolute Gasteiger partial charge is 0.497 e. The van der Waals surface area contributed by atoms with Crippen molar-refractivity contribution in [2.75, 3.05) is 7.11 Å². The molecule has 0 aliphatic heterocycles. The van der Waals surface area contributed by atoms with Crippen LogP contribution in [0.1, 0.15) is 84.1 Å². The number of methoxy groups -OCH3 is 1. The van der Waals surface area contributed by atoms with Gasteiger partial charge in [-0.1, -0.05) is 64.0 Å². The summed E-state index contributed by atoms with van der Waals surface area (Å²) in [5.74, 6) is 0.0559. The molecule has 0 heterocycles. The Morgan fingerprint density at radius 3 is 2.03 bits per heavy atom. The van der Waals surface area contributed by atoms with Crippen LogP contribution in [0, 0.1) is 0 Å². The lowest BCUT2D eigenvalue weighted by molar-refractivity contribution is -0.162. The molecular formula is C25H38O5. The predicted octanol–water partition coefficient (Wildman–Crippen LogP) is 6.10. The molecule has 0 radical (unpaired) electrons. The first-order valence-electron chi connectivity index (χ1n) is 11.2. The van der Waals surface area contributed by atoms with Crippen molar-refractivity contribution in [3.05, 3.63) is 35.9 Å². The van der Waals surface area contributed by atoms with E-state index >= 15 is 0 Å². The molecule has 0 aromatic heterocycles. The van der Waals surface area contributed by atoms with E-state index in [2.05, 4.69) is 6.92 Å². The molecule has 0 amide bonds. The second kappa shape index (κ2) is 15.5. The minimum Gasteiger partial charge on any atom is -0.497 e. The summed E-state index contributed by atoms with van der Waals surface area (Å²) in [6, 6.07) is 7.34. The lowest BCUT2D eigenvalue weighted by atomic mass is 10.1. The molecule has 0 N–H and O–H groups in total. The molecule has 2 atom stereocenters. The number of ether oxygens (including phenoxy) is 3. The number of benzene rings is 1. The number of unbranched alkanes of at least 4 members (excludes halogenated alkanes) is 7. The molecule has 0 spiro atoms. The van der Waals surface area contributed by atoms with Gasteiger partial charge in [0.15, 0.2) is 0 Å². The summed E-state index contributed by atoms with van der Waals surface area (Å²) in [5.41, 5.74) is 0.866. The van der Waals surface area contributed by atoms with Crippen molar-refractivity contribution < 1.29 is 23.8 Å². The fraction of sp³-hybridized carbons (Fsp3) is 0.600. The third kappa shape index (κ3) is 11.6. The molecule has 1 aromatic carbocycles. The highest BCUT2D eigenvalue weighted by atomic mass is 16.6. The van der Waals surface area contributed by atoms with E-state index in [1.54, 1.807) is 27.0 Å². The van der Waals surface area contributed by atoms with Gasteiger partial charge in [-0.3, -0.25) is 4.79 Å². The first-order chi connectivity index (χ1) is 14.5. The summed E-state index contributed by atoms with van der Waals surface area (Å²) < 4.78 is 15.9. The average Bonchev–Trinajstić information content (AvgIpc) is 2.74. The summed E-state index contributed by atoms with van der Waals surface area (Å²) in [6.45, 7) is 5.69. The Morgan fingerprint density at radius 1 is 0.867 bits per heavy atom. The Kier molecular flexibility index (Phi) is 13.3. The van der Waals surface area contributed by atoms with Crippen LogP contribution in [0.2, 0.25) is 0 Å². The first-order valence-corrected chi connectivity index (χ1v) is 11.2. The number of rotatable bonds is 15. The molecule has 0 saturated heterocycles. The maximum Gasteiger partial charge on any atom is 0.331 e. The number of hydrogen-bond acceptors (Lipinski definition) is 5. The quantitative estimate of drug-likeness (QED) is 0.196. The van der Waals surface area contributed by atoms with Crippen molar-refractivity contribution in [2.45, 2.75) is 90.8 Å². The zero-order chi connectivity index (χ0) is 22.2. The number of carbonyl (C=O) groups is 2. The van der Waals surface area contributed by atoms with Gasteiger partial charge in [0.25, 0.3) is 0 Å². The SMILES string of the molecule is CCCCCCCCCCC(=O)OC(C)C(C)OC(=O)/C=C/c1ccc(OC)cc1. The van der Waals surface area contributed by atoms with Crippen LogP contribution in [-0.2, 0) is 19.1 Å². The van der Waals surface area contributed by atoms with Crippen molar-refractivity contribution in [3.8, 4) is 5.75 Å². The smallest absolute Gasteiger partial charge is 0.331 e. The van der Waals surface area contributed by atoms with Gasteiger partial charge >= 0.3 is 11.9 Å². The molecule has 0 bridgehead atoms. The van der Waals surface area contributed by atoms with Gasteiger partial charge in [0, 0.05) is 12.5 Å². The summed E-state index contributed by atoms with van der Waals surface area (Å²) in [7, 11) is 1.60. The summed E-state index contributed by atoms with van der Waals surface area (Å²) >= 11 is 0. The van der Waals surface area contributed by atoms with Crippen LogP contribution in [0.15, 0.2) is 30.3 Å².